The van der Waals surface area contributed by atoms with Gasteiger partial charge in [0.15, 0.2) is 5.78 Å². The summed E-state index contributed by atoms with van der Waals surface area (Å²) in [4.78, 5) is 12.3. The molecule has 0 aliphatic heterocycles. The van der Waals surface area contributed by atoms with E-state index in [-0.39, 0.29) is 5.78 Å². The van der Waals surface area contributed by atoms with Crippen LogP contribution in [0.2, 0.25) is 0 Å². The van der Waals surface area contributed by atoms with Crippen LogP contribution >= 0.6 is 0 Å². The Morgan fingerprint density at radius 1 is 0.909 bits per heavy atom. The molecule has 0 bridgehead atoms. The summed E-state index contributed by atoms with van der Waals surface area (Å²) in [6.07, 6.45) is -1.19. The van der Waals surface area contributed by atoms with Gasteiger partial charge in [-0.3, -0.25) is 4.79 Å². The lowest BCUT2D eigenvalue weighted by Crippen LogP contribution is -2.12. The van der Waals surface area contributed by atoms with Crippen LogP contribution in [0.5, 0.6) is 11.5 Å². The number of carbonyl (C=O) groups excluding carboxylic acids is 1. The molecule has 4 nitrogen and oxygen atoms in total. The van der Waals surface area contributed by atoms with Gasteiger partial charge in [0.1, 0.15) is 17.6 Å². The van der Waals surface area contributed by atoms with E-state index in [0.717, 1.165) is 0 Å². The van der Waals surface area contributed by atoms with Gasteiger partial charge in [0, 0.05) is 5.56 Å². The zero-order valence-corrected chi connectivity index (χ0v) is 12.8. The van der Waals surface area contributed by atoms with Crippen molar-refractivity contribution in [1.82, 2.24) is 0 Å². The third-order valence-electron chi connectivity index (χ3n) is 3.21. The molecule has 1 N–H and O–H groups in total. The zero-order chi connectivity index (χ0) is 15.9. The van der Waals surface area contributed by atoms with Crippen molar-refractivity contribution in [1.29, 1.82) is 0 Å². The summed E-state index contributed by atoms with van der Waals surface area (Å²) in [5.74, 6) is 1.08. The minimum absolute atomic E-state index is 0.341. The molecule has 0 aliphatic carbocycles. The van der Waals surface area contributed by atoms with Crippen molar-refractivity contribution in [2.45, 2.75) is 20.0 Å². The van der Waals surface area contributed by atoms with E-state index in [2.05, 4.69) is 0 Å². The van der Waals surface area contributed by atoms with Crippen LogP contribution in [0.25, 0.3) is 0 Å². The molecule has 2 aromatic carbocycles. The molecule has 0 radical (unpaired) electrons. The molecule has 116 valence electrons. The summed E-state index contributed by atoms with van der Waals surface area (Å²) in [7, 11) is 0. The van der Waals surface area contributed by atoms with Gasteiger partial charge >= 0.3 is 0 Å². The Labute approximate surface area is 130 Å². The van der Waals surface area contributed by atoms with E-state index >= 15 is 0 Å². The van der Waals surface area contributed by atoms with E-state index in [1.807, 2.05) is 13.8 Å². The number of hydrogen-bond donors (Lipinski definition) is 1. The summed E-state index contributed by atoms with van der Waals surface area (Å²) in [5.41, 5.74) is 0.993. The highest BCUT2D eigenvalue weighted by Crippen LogP contribution is 2.22. The van der Waals surface area contributed by atoms with E-state index in [9.17, 15) is 9.90 Å². The second-order valence-corrected chi connectivity index (χ2v) is 4.73. The largest absolute Gasteiger partial charge is 0.494 e. The normalized spacial score (nSPS) is 11.8. The number of carbonyl (C=O) groups is 1. The predicted molar refractivity (Wildman–Crippen MR) is 84.5 cm³/mol. The molecule has 1 unspecified atom stereocenters. The number of rotatable bonds is 7. The van der Waals surface area contributed by atoms with Gasteiger partial charge in [0.25, 0.3) is 0 Å². The average molecular weight is 300 g/mol. The van der Waals surface area contributed by atoms with Crippen molar-refractivity contribution in [2.75, 3.05) is 13.2 Å². The highest BCUT2D eigenvalue weighted by molar-refractivity contribution is 5.99. The molecule has 4 heteroatoms. The van der Waals surface area contributed by atoms with E-state index in [1.165, 1.54) is 0 Å². The molecule has 0 spiro atoms. The number of benzene rings is 2. The lowest BCUT2D eigenvalue weighted by atomic mass is 10.00. The lowest BCUT2D eigenvalue weighted by Gasteiger charge is -2.11. The summed E-state index contributed by atoms with van der Waals surface area (Å²) >= 11 is 0. The molecular formula is C18H20O4. The SMILES string of the molecule is CCOc1ccc(C(=O)C(O)c2ccc(OCC)cc2)cc1. The number of aliphatic hydroxyl groups excluding tert-OH is 1. The maximum Gasteiger partial charge on any atom is 0.195 e. The molecule has 2 aromatic rings. The Morgan fingerprint density at radius 2 is 1.36 bits per heavy atom. The highest BCUT2D eigenvalue weighted by Gasteiger charge is 2.19. The first kappa shape index (κ1) is 16.0. The first-order chi connectivity index (χ1) is 10.7. The molecular weight excluding hydrogens is 280 g/mol. The molecule has 0 saturated heterocycles. The Bertz CT molecular complexity index is 602. The summed E-state index contributed by atoms with van der Waals surface area (Å²) < 4.78 is 10.7. The fourth-order valence-electron chi connectivity index (χ4n) is 2.10. The van der Waals surface area contributed by atoms with Gasteiger partial charge < -0.3 is 14.6 Å². The highest BCUT2D eigenvalue weighted by atomic mass is 16.5. The topological polar surface area (TPSA) is 55.8 Å². The fourth-order valence-corrected chi connectivity index (χ4v) is 2.10. The van der Waals surface area contributed by atoms with Crippen LogP contribution < -0.4 is 9.47 Å². The first-order valence-corrected chi connectivity index (χ1v) is 7.33. The number of ketones is 1. The van der Waals surface area contributed by atoms with Gasteiger partial charge in [-0.05, 0) is 55.8 Å². The molecule has 22 heavy (non-hydrogen) atoms. The molecule has 0 heterocycles. The lowest BCUT2D eigenvalue weighted by molar-refractivity contribution is 0.0747. The van der Waals surface area contributed by atoms with Crippen molar-refractivity contribution in [3.8, 4) is 11.5 Å². The molecule has 0 saturated carbocycles. The van der Waals surface area contributed by atoms with Gasteiger partial charge in [-0.1, -0.05) is 12.1 Å². The Hall–Kier alpha value is -2.33. The third kappa shape index (κ3) is 3.86. The smallest absolute Gasteiger partial charge is 0.195 e. The quantitative estimate of drug-likeness (QED) is 0.796. The van der Waals surface area contributed by atoms with Gasteiger partial charge in [-0.15, -0.1) is 0 Å². The van der Waals surface area contributed by atoms with Crippen LogP contribution in [0, 0.1) is 0 Å². The fraction of sp³-hybridized carbons (Fsp3) is 0.278. The van der Waals surface area contributed by atoms with Crippen molar-refractivity contribution < 1.29 is 19.4 Å². The van der Waals surface area contributed by atoms with Crippen LogP contribution in [0.3, 0.4) is 0 Å². The van der Waals surface area contributed by atoms with Crippen molar-refractivity contribution in [2.24, 2.45) is 0 Å². The molecule has 0 fully saturated rings. The Morgan fingerprint density at radius 3 is 1.82 bits per heavy atom. The number of hydrogen-bond acceptors (Lipinski definition) is 4. The van der Waals surface area contributed by atoms with Crippen LogP contribution in [0.4, 0.5) is 0 Å². The standard InChI is InChI=1S/C18H20O4/c1-3-21-15-9-5-13(6-10-15)17(19)18(20)14-7-11-16(12-8-14)22-4-2/h5-12,17,19H,3-4H2,1-2H3. The number of Topliss-reactive ketones (excluding diaryl/α,β-unsaturated/α-hetero) is 1. The molecule has 0 aromatic heterocycles. The Kier molecular flexibility index (Phi) is 5.55. The number of ether oxygens (including phenoxy) is 2. The second-order valence-electron chi connectivity index (χ2n) is 4.73. The molecule has 0 aliphatic rings. The first-order valence-electron chi connectivity index (χ1n) is 7.33. The van der Waals surface area contributed by atoms with E-state index in [0.29, 0.717) is 35.8 Å². The summed E-state index contributed by atoms with van der Waals surface area (Å²) in [5, 5.41) is 10.2. The van der Waals surface area contributed by atoms with E-state index in [4.69, 9.17) is 9.47 Å². The van der Waals surface area contributed by atoms with Crippen molar-refractivity contribution >= 4 is 5.78 Å². The summed E-state index contributed by atoms with van der Waals surface area (Å²) in [6, 6.07) is 13.6. The zero-order valence-electron chi connectivity index (χ0n) is 12.8. The van der Waals surface area contributed by atoms with Crippen molar-refractivity contribution in [3.05, 3.63) is 59.7 Å². The van der Waals surface area contributed by atoms with E-state index in [1.54, 1.807) is 48.5 Å². The van der Waals surface area contributed by atoms with Crippen LogP contribution in [0.15, 0.2) is 48.5 Å². The summed E-state index contributed by atoms with van der Waals surface area (Å²) in [6.45, 7) is 4.95. The van der Waals surface area contributed by atoms with Gasteiger partial charge in [-0.2, -0.15) is 0 Å². The average Bonchev–Trinajstić information content (AvgIpc) is 2.55. The van der Waals surface area contributed by atoms with Gasteiger partial charge in [0.05, 0.1) is 13.2 Å². The minimum atomic E-state index is -1.19. The maximum absolute atomic E-state index is 12.3. The van der Waals surface area contributed by atoms with Crippen LogP contribution in [0.1, 0.15) is 35.9 Å². The molecule has 2 rings (SSSR count). The Balaban J connectivity index is 2.10. The second kappa shape index (κ2) is 7.61. The predicted octanol–water partition coefficient (Wildman–Crippen LogP) is 3.40. The van der Waals surface area contributed by atoms with Crippen LogP contribution in [-0.4, -0.2) is 24.1 Å². The minimum Gasteiger partial charge on any atom is -0.494 e. The third-order valence-corrected chi connectivity index (χ3v) is 3.21. The maximum atomic E-state index is 12.3. The number of aliphatic hydroxyl groups is 1. The molecule has 0 amide bonds. The van der Waals surface area contributed by atoms with Gasteiger partial charge in [0.2, 0.25) is 0 Å². The van der Waals surface area contributed by atoms with Crippen LogP contribution in [-0.2, 0) is 0 Å². The molecule has 1 atom stereocenters. The van der Waals surface area contributed by atoms with Gasteiger partial charge in [-0.25, -0.2) is 0 Å². The van der Waals surface area contributed by atoms with E-state index < -0.39 is 6.10 Å². The monoisotopic (exact) mass is 300 g/mol. The van der Waals surface area contributed by atoms with Crippen molar-refractivity contribution in [3.63, 3.8) is 0 Å².